The van der Waals surface area contributed by atoms with E-state index in [1.54, 1.807) is 16.9 Å². The summed E-state index contributed by atoms with van der Waals surface area (Å²) in [7, 11) is 0. The van der Waals surface area contributed by atoms with E-state index in [-0.39, 0.29) is 12.1 Å². The van der Waals surface area contributed by atoms with Crippen molar-refractivity contribution < 1.29 is 13.6 Å². The standard InChI is InChI=1S/C15H15F2N3O/c1-3-14(21)20(13-8-9-19(4-2)18-13)10-11-6-5-7-12(16)15(11)17/h3,5-9H,1,4,10H2,2H3. The molecule has 0 fully saturated rings. The van der Waals surface area contributed by atoms with Crippen LogP contribution in [0.3, 0.4) is 0 Å². The number of aryl methyl sites for hydroxylation is 1. The Bertz CT molecular complexity index is 667. The zero-order valence-electron chi connectivity index (χ0n) is 11.6. The lowest BCUT2D eigenvalue weighted by molar-refractivity contribution is -0.114. The molecule has 1 heterocycles. The second kappa shape index (κ2) is 6.30. The van der Waals surface area contributed by atoms with E-state index in [0.29, 0.717) is 12.4 Å². The van der Waals surface area contributed by atoms with Gasteiger partial charge in [0.25, 0.3) is 5.91 Å². The highest BCUT2D eigenvalue weighted by Crippen LogP contribution is 2.19. The molecule has 1 aromatic heterocycles. The van der Waals surface area contributed by atoms with Crippen LogP contribution in [0.1, 0.15) is 12.5 Å². The van der Waals surface area contributed by atoms with Gasteiger partial charge in [-0.1, -0.05) is 18.7 Å². The molecule has 0 aliphatic heterocycles. The van der Waals surface area contributed by atoms with Gasteiger partial charge in [0, 0.05) is 24.4 Å². The summed E-state index contributed by atoms with van der Waals surface area (Å²) >= 11 is 0. The molecule has 2 aromatic rings. The highest BCUT2D eigenvalue weighted by molar-refractivity contribution is 6.00. The van der Waals surface area contributed by atoms with Crippen LogP contribution in [0.5, 0.6) is 0 Å². The van der Waals surface area contributed by atoms with Crippen molar-refractivity contribution in [2.75, 3.05) is 4.90 Å². The van der Waals surface area contributed by atoms with Gasteiger partial charge in [-0.05, 0) is 19.1 Å². The summed E-state index contributed by atoms with van der Waals surface area (Å²) in [5.74, 6) is -1.97. The lowest BCUT2D eigenvalue weighted by atomic mass is 10.2. The lowest BCUT2D eigenvalue weighted by Crippen LogP contribution is -2.29. The molecule has 0 saturated carbocycles. The van der Waals surface area contributed by atoms with Crippen molar-refractivity contribution in [3.8, 4) is 0 Å². The number of carbonyl (C=O) groups is 1. The van der Waals surface area contributed by atoms with E-state index in [1.165, 1.54) is 17.0 Å². The average Bonchev–Trinajstić information content (AvgIpc) is 2.96. The summed E-state index contributed by atoms with van der Waals surface area (Å²) in [5.41, 5.74) is 0.0799. The third kappa shape index (κ3) is 3.16. The molecule has 0 aliphatic carbocycles. The van der Waals surface area contributed by atoms with Gasteiger partial charge >= 0.3 is 0 Å². The predicted molar refractivity (Wildman–Crippen MR) is 75.6 cm³/mol. The highest BCUT2D eigenvalue weighted by Gasteiger charge is 2.19. The maximum Gasteiger partial charge on any atom is 0.251 e. The molecule has 6 heteroatoms. The molecule has 0 N–H and O–H groups in total. The molecule has 0 saturated heterocycles. The van der Waals surface area contributed by atoms with E-state index in [4.69, 9.17) is 0 Å². The third-order valence-electron chi connectivity index (χ3n) is 3.03. The molecule has 0 spiro atoms. The van der Waals surface area contributed by atoms with Crippen molar-refractivity contribution >= 4 is 11.7 Å². The fraction of sp³-hybridized carbons (Fsp3) is 0.200. The van der Waals surface area contributed by atoms with E-state index in [2.05, 4.69) is 11.7 Å². The number of hydrogen-bond donors (Lipinski definition) is 0. The summed E-state index contributed by atoms with van der Waals surface area (Å²) in [5, 5.41) is 4.20. The minimum Gasteiger partial charge on any atom is -0.287 e. The highest BCUT2D eigenvalue weighted by atomic mass is 19.2. The Morgan fingerprint density at radius 3 is 2.81 bits per heavy atom. The first-order chi connectivity index (χ1) is 10.1. The molecule has 1 amide bonds. The van der Waals surface area contributed by atoms with E-state index < -0.39 is 17.5 Å². The van der Waals surface area contributed by atoms with Gasteiger partial charge in [0.05, 0.1) is 6.54 Å². The van der Waals surface area contributed by atoms with Gasteiger partial charge in [0.2, 0.25) is 0 Å². The molecule has 4 nitrogen and oxygen atoms in total. The Hall–Kier alpha value is -2.50. The van der Waals surface area contributed by atoms with Gasteiger partial charge in [-0.25, -0.2) is 8.78 Å². The maximum absolute atomic E-state index is 13.8. The molecule has 0 atom stereocenters. The maximum atomic E-state index is 13.8. The zero-order chi connectivity index (χ0) is 15.4. The fourth-order valence-corrected chi connectivity index (χ4v) is 1.89. The van der Waals surface area contributed by atoms with Gasteiger partial charge in [0.15, 0.2) is 17.5 Å². The minimum absolute atomic E-state index is 0.0799. The SMILES string of the molecule is C=CC(=O)N(Cc1cccc(F)c1F)c1ccn(CC)n1. The molecule has 0 aliphatic rings. The second-order valence-corrected chi connectivity index (χ2v) is 4.37. The fourth-order valence-electron chi connectivity index (χ4n) is 1.89. The Labute approximate surface area is 121 Å². The second-order valence-electron chi connectivity index (χ2n) is 4.37. The summed E-state index contributed by atoms with van der Waals surface area (Å²) in [6, 6.07) is 5.50. The van der Waals surface area contributed by atoms with Gasteiger partial charge < -0.3 is 0 Å². The molecule has 21 heavy (non-hydrogen) atoms. The van der Waals surface area contributed by atoms with Gasteiger partial charge in [0.1, 0.15) is 0 Å². The number of nitrogens with zero attached hydrogens (tertiary/aromatic N) is 3. The van der Waals surface area contributed by atoms with Crippen LogP contribution in [0.4, 0.5) is 14.6 Å². The number of aromatic nitrogens is 2. The van der Waals surface area contributed by atoms with Crippen molar-refractivity contribution in [1.82, 2.24) is 9.78 Å². The summed E-state index contributed by atoms with van der Waals surface area (Å²) in [4.78, 5) is 13.2. The smallest absolute Gasteiger partial charge is 0.251 e. The first-order valence-electron chi connectivity index (χ1n) is 6.47. The number of carbonyl (C=O) groups excluding carboxylic acids is 1. The normalized spacial score (nSPS) is 10.4. The Morgan fingerprint density at radius 2 is 2.19 bits per heavy atom. The number of benzene rings is 1. The van der Waals surface area contributed by atoms with Crippen molar-refractivity contribution in [1.29, 1.82) is 0 Å². The van der Waals surface area contributed by atoms with Crippen LogP contribution in [0.25, 0.3) is 0 Å². The van der Waals surface area contributed by atoms with Crippen molar-refractivity contribution in [3.05, 3.63) is 60.3 Å². The van der Waals surface area contributed by atoms with Crippen LogP contribution in [-0.2, 0) is 17.9 Å². The average molecular weight is 291 g/mol. The van der Waals surface area contributed by atoms with Crippen LogP contribution < -0.4 is 4.90 Å². The van der Waals surface area contributed by atoms with Crippen LogP contribution in [0.15, 0.2) is 43.1 Å². The molecule has 1 aromatic carbocycles. The lowest BCUT2D eigenvalue weighted by Gasteiger charge is -2.19. The van der Waals surface area contributed by atoms with Gasteiger partial charge in [-0.2, -0.15) is 5.10 Å². The quantitative estimate of drug-likeness (QED) is 0.794. The Kier molecular flexibility index (Phi) is 4.47. The summed E-state index contributed by atoms with van der Waals surface area (Å²) < 4.78 is 28.6. The molecule has 110 valence electrons. The van der Waals surface area contributed by atoms with Crippen molar-refractivity contribution in [2.24, 2.45) is 0 Å². The minimum atomic E-state index is -0.964. The van der Waals surface area contributed by atoms with Crippen LogP contribution in [-0.4, -0.2) is 15.7 Å². The number of anilines is 1. The van der Waals surface area contributed by atoms with E-state index in [9.17, 15) is 13.6 Å². The third-order valence-corrected chi connectivity index (χ3v) is 3.03. The topological polar surface area (TPSA) is 38.1 Å². The van der Waals surface area contributed by atoms with Crippen molar-refractivity contribution in [3.63, 3.8) is 0 Å². The molecular weight excluding hydrogens is 276 g/mol. The number of rotatable bonds is 5. The molecule has 2 rings (SSSR count). The summed E-state index contributed by atoms with van der Waals surface area (Å²) in [6.45, 7) is 5.85. The molecular formula is C15H15F2N3O. The first-order valence-corrected chi connectivity index (χ1v) is 6.47. The van der Waals surface area contributed by atoms with Crippen LogP contribution in [0, 0.1) is 11.6 Å². The van der Waals surface area contributed by atoms with E-state index in [0.717, 1.165) is 12.1 Å². The van der Waals surface area contributed by atoms with Gasteiger partial charge in [-0.3, -0.25) is 14.4 Å². The van der Waals surface area contributed by atoms with Crippen LogP contribution in [0.2, 0.25) is 0 Å². The van der Waals surface area contributed by atoms with Gasteiger partial charge in [-0.15, -0.1) is 0 Å². The summed E-state index contributed by atoms with van der Waals surface area (Å²) in [6.07, 6.45) is 2.82. The Balaban J connectivity index is 2.35. The zero-order valence-corrected chi connectivity index (χ0v) is 11.6. The first kappa shape index (κ1) is 14.9. The van der Waals surface area contributed by atoms with Crippen molar-refractivity contribution in [2.45, 2.75) is 20.0 Å². The molecule has 0 radical (unpaired) electrons. The molecule has 0 unspecified atom stereocenters. The number of halogens is 2. The van der Waals surface area contributed by atoms with Crippen LogP contribution >= 0.6 is 0 Å². The van der Waals surface area contributed by atoms with E-state index in [1.807, 2.05) is 6.92 Å². The number of amides is 1. The number of hydrogen-bond acceptors (Lipinski definition) is 2. The molecule has 0 bridgehead atoms. The monoisotopic (exact) mass is 291 g/mol. The Morgan fingerprint density at radius 1 is 1.43 bits per heavy atom. The van der Waals surface area contributed by atoms with E-state index >= 15 is 0 Å². The largest absolute Gasteiger partial charge is 0.287 e. The predicted octanol–water partition coefficient (Wildman–Crippen LogP) is 2.90.